The van der Waals surface area contributed by atoms with Gasteiger partial charge in [0.15, 0.2) is 0 Å². The van der Waals surface area contributed by atoms with Crippen LogP contribution >= 0.6 is 0 Å². The highest BCUT2D eigenvalue weighted by Crippen LogP contribution is 2.20. The highest BCUT2D eigenvalue weighted by Gasteiger charge is 2.12. The fraction of sp³-hybridized carbons (Fsp3) is 0.667. The van der Waals surface area contributed by atoms with Crippen molar-refractivity contribution in [3.05, 3.63) is 30.1 Å². The zero-order valence-electron chi connectivity index (χ0n) is 11.1. The minimum atomic E-state index is 0.539. The lowest BCUT2D eigenvalue weighted by Gasteiger charge is -2.21. The molecule has 1 N–H and O–H groups in total. The summed E-state index contributed by atoms with van der Waals surface area (Å²) in [5, 5.41) is 3.42. The lowest BCUT2D eigenvalue weighted by molar-refractivity contribution is 0.0273. The van der Waals surface area contributed by atoms with Crippen LogP contribution in [0.2, 0.25) is 0 Å². The molecule has 18 heavy (non-hydrogen) atoms. The number of hydrogen-bond acceptors (Lipinski definition) is 3. The maximum absolute atomic E-state index is 5.88. The van der Waals surface area contributed by atoms with Crippen molar-refractivity contribution < 1.29 is 4.74 Å². The van der Waals surface area contributed by atoms with Gasteiger partial charge in [-0.2, -0.15) is 0 Å². The lowest BCUT2D eigenvalue weighted by Crippen LogP contribution is -2.20. The van der Waals surface area contributed by atoms with Gasteiger partial charge in [-0.25, -0.2) is 0 Å². The smallest absolute Gasteiger partial charge is 0.0575 e. The normalized spacial score (nSPS) is 16.9. The van der Waals surface area contributed by atoms with E-state index in [0.717, 1.165) is 26.1 Å². The Balaban J connectivity index is 1.46. The molecule has 0 spiro atoms. The molecule has 1 fully saturated rings. The third-order valence-electron chi connectivity index (χ3n) is 3.46. The fourth-order valence-corrected chi connectivity index (χ4v) is 2.41. The first-order chi connectivity index (χ1) is 8.95. The minimum Gasteiger partial charge on any atom is -0.378 e. The molecular formula is C15H24N2O. The average molecular weight is 248 g/mol. The molecule has 1 heterocycles. The number of ether oxygens (including phenoxy) is 1. The molecule has 1 saturated carbocycles. The molecule has 1 aliphatic rings. The maximum atomic E-state index is 5.88. The van der Waals surface area contributed by atoms with Crippen LogP contribution in [-0.4, -0.2) is 24.2 Å². The van der Waals surface area contributed by atoms with E-state index in [1.54, 1.807) is 0 Å². The summed E-state index contributed by atoms with van der Waals surface area (Å²) in [6, 6.07) is 4.07. The monoisotopic (exact) mass is 248 g/mol. The Morgan fingerprint density at radius 2 is 2.17 bits per heavy atom. The van der Waals surface area contributed by atoms with E-state index in [1.165, 1.54) is 37.7 Å². The molecule has 100 valence electrons. The third-order valence-corrected chi connectivity index (χ3v) is 3.46. The highest BCUT2D eigenvalue weighted by atomic mass is 16.5. The number of hydrogen-bond donors (Lipinski definition) is 1. The van der Waals surface area contributed by atoms with Crippen molar-refractivity contribution in [2.24, 2.45) is 0 Å². The van der Waals surface area contributed by atoms with Crippen molar-refractivity contribution in [3.8, 4) is 0 Å². The van der Waals surface area contributed by atoms with Gasteiger partial charge in [0.1, 0.15) is 0 Å². The van der Waals surface area contributed by atoms with Crippen molar-refractivity contribution in [2.45, 2.75) is 51.2 Å². The Morgan fingerprint density at radius 3 is 2.94 bits per heavy atom. The molecule has 2 rings (SSSR count). The van der Waals surface area contributed by atoms with E-state index in [2.05, 4.69) is 16.4 Å². The van der Waals surface area contributed by atoms with Crippen LogP contribution in [0, 0.1) is 0 Å². The quantitative estimate of drug-likeness (QED) is 0.753. The largest absolute Gasteiger partial charge is 0.378 e. The molecule has 1 aromatic heterocycles. The number of pyridine rings is 1. The zero-order chi connectivity index (χ0) is 12.5. The van der Waals surface area contributed by atoms with E-state index in [-0.39, 0.29) is 0 Å². The van der Waals surface area contributed by atoms with Gasteiger partial charge in [-0.1, -0.05) is 25.3 Å². The van der Waals surface area contributed by atoms with Gasteiger partial charge in [0, 0.05) is 25.5 Å². The summed E-state index contributed by atoms with van der Waals surface area (Å²) in [5.74, 6) is 0. The molecule has 0 bridgehead atoms. The van der Waals surface area contributed by atoms with Crippen LogP contribution in [-0.2, 0) is 11.3 Å². The SMILES string of the molecule is c1cncc(CNCCCOC2CCCCC2)c1. The first-order valence-corrected chi connectivity index (χ1v) is 7.16. The molecule has 0 aromatic carbocycles. The fourth-order valence-electron chi connectivity index (χ4n) is 2.41. The van der Waals surface area contributed by atoms with E-state index < -0.39 is 0 Å². The van der Waals surface area contributed by atoms with Gasteiger partial charge in [0.25, 0.3) is 0 Å². The van der Waals surface area contributed by atoms with Crippen LogP contribution in [0.15, 0.2) is 24.5 Å². The van der Waals surface area contributed by atoms with Gasteiger partial charge in [-0.3, -0.25) is 4.98 Å². The Bertz CT molecular complexity index is 310. The second-order valence-corrected chi connectivity index (χ2v) is 5.02. The van der Waals surface area contributed by atoms with Gasteiger partial charge >= 0.3 is 0 Å². The molecular weight excluding hydrogens is 224 g/mol. The number of nitrogens with one attached hydrogen (secondary N) is 1. The summed E-state index contributed by atoms with van der Waals surface area (Å²) in [6.45, 7) is 2.81. The number of aromatic nitrogens is 1. The Labute approximate surface area is 110 Å². The predicted octanol–water partition coefficient (Wildman–Crippen LogP) is 2.91. The van der Waals surface area contributed by atoms with Crippen LogP contribution in [0.1, 0.15) is 44.1 Å². The summed E-state index contributed by atoms with van der Waals surface area (Å²) in [5.41, 5.74) is 1.24. The molecule has 1 aliphatic carbocycles. The molecule has 0 aliphatic heterocycles. The second kappa shape index (κ2) is 8.22. The highest BCUT2D eigenvalue weighted by molar-refractivity contribution is 5.07. The third kappa shape index (κ3) is 5.15. The lowest BCUT2D eigenvalue weighted by atomic mass is 9.98. The predicted molar refractivity (Wildman–Crippen MR) is 73.4 cm³/mol. The Kier molecular flexibility index (Phi) is 6.17. The molecule has 0 radical (unpaired) electrons. The zero-order valence-corrected chi connectivity index (χ0v) is 11.1. The topological polar surface area (TPSA) is 34.2 Å². The molecule has 3 heteroatoms. The summed E-state index contributed by atoms with van der Waals surface area (Å²) in [6.07, 6.45) is 12.0. The van der Waals surface area contributed by atoms with E-state index in [0.29, 0.717) is 6.10 Å². The molecule has 0 atom stereocenters. The van der Waals surface area contributed by atoms with Gasteiger partial charge in [-0.05, 0) is 37.4 Å². The van der Waals surface area contributed by atoms with Gasteiger partial charge < -0.3 is 10.1 Å². The summed E-state index contributed by atoms with van der Waals surface area (Å²) in [4.78, 5) is 4.10. The van der Waals surface area contributed by atoms with E-state index in [9.17, 15) is 0 Å². The van der Waals surface area contributed by atoms with Crippen molar-refractivity contribution in [2.75, 3.05) is 13.2 Å². The van der Waals surface area contributed by atoms with Gasteiger partial charge in [-0.15, -0.1) is 0 Å². The molecule has 3 nitrogen and oxygen atoms in total. The summed E-state index contributed by atoms with van der Waals surface area (Å²) >= 11 is 0. The van der Waals surface area contributed by atoms with Crippen LogP contribution in [0.3, 0.4) is 0 Å². The van der Waals surface area contributed by atoms with Crippen molar-refractivity contribution >= 4 is 0 Å². The van der Waals surface area contributed by atoms with E-state index in [1.807, 2.05) is 18.5 Å². The summed E-state index contributed by atoms with van der Waals surface area (Å²) < 4.78 is 5.88. The first kappa shape index (κ1) is 13.5. The minimum absolute atomic E-state index is 0.539. The molecule has 0 amide bonds. The van der Waals surface area contributed by atoms with E-state index >= 15 is 0 Å². The van der Waals surface area contributed by atoms with Crippen LogP contribution < -0.4 is 5.32 Å². The maximum Gasteiger partial charge on any atom is 0.0575 e. The molecule has 0 unspecified atom stereocenters. The standard InChI is InChI=1S/C15H24N2O/c1-2-7-15(8-3-1)18-11-5-10-17-13-14-6-4-9-16-12-14/h4,6,9,12,15,17H,1-3,5,7-8,10-11,13H2. The first-order valence-electron chi connectivity index (χ1n) is 7.16. The van der Waals surface area contributed by atoms with Crippen LogP contribution in [0.5, 0.6) is 0 Å². The van der Waals surface area contributed by atoms with Gasteiger partial charge in [0.2, 0.25) is 0 Å². The number of nitrogens with zero attached hydrogens (tertiary/aromatic N) is 1. The molecule has 1 aromatic rings. The second-order valence-electron chi connectivity index (χ2n) is 5.02. The van der Waals surface area contributed by atoms with Crippen molar-refractivity contribution in [1.82, 2.24) is 10.3 Å². The van der Waals surface area contributed by atoms with Crippen LogP contribution in [0.4, 0.5) is 0 Å². The van der Waals surface area contributed by atoms with Crippen molar-refractivity contribution in [3.63, 3.8) is 0 Å². The van der Waals surface area contributed by atoms with Crippen LogP contribution in [0.25, 0.3) is 0 Å². The van der Waals surface area contributed by atoms with Crippen molar-refractivity contribution in [1.29, 1.82) is 0 Å². The summed E-state index contributed by atoms with van der Waals surface area (Å²) in [7, 11) is 0. The van der Waals surface area contributed by atoms with E-state index in [4.69, 9.17) is 4.74 Å². The Hall–Kier alpha value is -0.930. The molecule has 0 saturated heterocycles. The average Bonchev–Trinajstić information content (AvgIpc) is 2.45. The Morgan fingerprint density at radius 1 is 1.28 bits per heavy atom. The number of rotatable bonds is 7. The van der Waals surface area contributed by atoms with Gasteiger partial charge in [0.05, 0.1) is 6.10 Å².